The van der Waals surface area contributed by atoms with Crippen LogP contribution < -0.4 is 16.4 Å². The highest BCUT2D eigenvalue weighted by atomic mass is 32.2. The van der Waals surface area contributed by atoms with Gasteiger partial charge in [-0.1, -0.05) is 54.2 Å². The normalized spacial score (nSPS) is 10.5. The van der Waals surface area contributed by atoms with Gasteiger partial charge < -0.3 is 20.9 Å². The predicted molar refractivity (Wildman–Crippen MR) is 122 cm³/mol. The van der Waals surface area contributed by atoms with Crippen molar-refractivity contribution in [1.82, 2.24) is 20.1 Å². The lowest BCUT2D eigenvalue weighted by atomic mass is 10.1. The standard InChI is InChI=1S/C22H24N6O3S/c1-15-26-27-22(28(15)13-16-7-3-2-4-8-16)32-14-20(30)25-18-10-6-5-9-17(18)21(31)24-12-11-19(23)29/h2-10H,11-14H2,1H3,(H2,23,29)(H,24,31)(H,25,30). The van der Waals surface area contributed by atoms with Gasteiger partial charge in [0.15, 0.2) is 5.16 Å². The van der Waals surface area contributed by atoms with Crippen molar-refractivity contribution in [3.8, 4) is 0 Å². The fourth-order valence-corrected chi connectivity index (χ4v) is 3.70. The average molecular weight is 453 g/mol. The Morgan fingerprint density at radius 1 is 1.03 bits per heavy atom. The lowest BCUT2D eigenvalue weighted by Crippen LogP contribution is -2.29. The van der Waals surface area contributed by atoms with E-state index < -0.39 is 11.8 Å². The summed E-state index contributed by atoms with van der Waals surface area (Å²) in [7, 11) is 0. The summed E-state index contributed by atoms with van der Waals surface area (Å²) in [6, 6.07) is 16.6. The SMILES string of the molecule is Cc1nnc(SCC(=O)Nc2ccccc2C(=O)NCCC(N)=O)n1Cc1ccccc1. The number of amides is 3. The first kappa shape index (κ1) is 23.0. The second-order valence-electron chi connectivity index (χ2n) is 6.96. The largest absolute Gasteiger partial charge is 0.370 e. The number of nitrogens with zero attached hydrogens (tertiary/aromatic N) is 3. The number of nitrogens with one attached hydrogen (secondary N) is 2. The number of anilines is 1. The molecule has 0 unspecified atom stereocenters. The van der Waals surface area contributed by atoms with Gasteiger partial charge in [0.25, 0.3) is 5.91 Å². The zero-order chi connectivity index (χ0) is 22.9. The maximum Gasteiger partial charge on any atom is 0.253 e. The van der Waals surface area contributed by atoms with Gasteiger partial charge in [0.05, 0.1) is 23.5 Å². The van der Waals surface area contributed by atoms with Gasteiger partial charge in [-0.2, -0.15) is 0 Å². The fraction of sp³-hybridized carbons (Fsp3) is 0.227. The minimum absolute atomic E-state index is 0.0417. The van der Waals surface area contributed by atoms with Gasteiger partial charge in [0.1, 0.15) is 5.82 Å². The van der Waals surface area contributed by atoms with Crippen molar-refractivity contribution < 1.29 is 14.4 Å². The van der Waals surface area contributed by atoms with E-state index in [0.717, 1.165) is 11.4 Å². The molecule has 0 spiro atoms. The number of hydrogen-bond donors (Lipinski definition) is 3. The van der Waals surface area contributed by atoms with Crippen molar-refractivity contribution in [3.05, 3.63) is 71.5 Å². The molecular weight excluding hydrogens is 428 g/mol. The lowest BCUT2D eigenvalue weighted by molar-refractivity contribution is -0.118. The number of aryl methyl sites for hydroxylation is 1. The maximum atomic E-state index is 12.6. The molecule has 3 rings (SSSR count). The Morgan fingerprint density at radius 3 is 2.50 bits per heavy atom. The van der Waals surface area contributed by atoms with E-state index in [0.29, 0.717) is 23.0 Å². The first-order valence-electron chi connectivity index (χ1n) is 9.96. The molecule has 4 N–H and O–H groups in total. The van der Waals surface area contributed by atoms with Crippen LogP contribution in [-0.4, -0.2) is 44.8 Å². The lowest BCUT2D eigenvalue weighted by Gasteiger charge is -2.11. The maximum absolute atomic E-state index is 12.6. The summed E-state index contributed by atoms with van der Waals surface area (Å²) >= 11 is 1.27. The molecule has 32 heavy (non-hydrogen) atoms. The molecule has 0 bridgehead atoms. The monoisotopic (exact) mass is 452 g/mol. The molecule has 10 heteroatoms. The van der Waals surface area contributed by atoms with Gasteiger partial charge in [-0.25, -0.2) is 0 Å². The molecule has 0 aliphatic carbocycles. The Balaban J connectivity index is 1.61. The Hall–Kier alpha value is -3.66. The van der Waals surface area contributed by atoms with Gasteiger partial charge >= 0.3 is 0 Å². The van der Waals surface area contributed by atoms with Gasteiger partial charge in [-0.15, -0.1) is 10.2 Å². The number of benzene rings is 2. The number of para-hydroxylation sites is 1. The molecule has 3 aromatic rings. The Bertz CT molecular complexity index is 1100. The average Bonchev–Trinajstić information content (AvgIpc) is 3.12. The molecule has 0 aliphatic heterocycles. The number of carbonyl (C=O) groups excluding carboxylic acids is 3. The molecule has 0 saturated heterocycles. The van der Waals surface area contributed by atoms with E-state index in [9.17, 15) is 14.4 Å². The van der Waals surface area contributed by atoms with Gasteiger partial charge in [0, 0.05) is 13.0 Å². The number of nitrogens with two attached hydrogens (primary N) is 1. The topological polar surface area (TPSA) is 132 Å². The highest BCUT2D eigenvalue weighted by molar-refractivity contribution is 7.99. The minimum Gasteiger partial charge on any atom is -0.370 e. The van der Waals surface area contributed by atoms with E-state index in [1.54, 1.807) is 24.3 Å². The van der Waals surface area contributed by atoms with Crippen LogP contribution in [0.1, 0.15) is 28.2 Å². The van der Waals surface area contributed by atoms with Crippen LogP contribution in [0.5, 0.6) is 0 Å². The summed E-state index contributed by atoms with van der Waals surface area (Å²) in [5.41, 5.74) is 6.89. The third kappa shape index (κ3) is 6.42. The summed E-state index contributed by atoms with van der Waals surface area (Å²) in [6.07, 6.45) is 0.0417. The molecule has 9 nitrogen and oxygen atoms in total. The van der Waals surface area contributed by atoms with E-state index in [1.165, 1.54) is 11.8 Å². The molecule has 2 aromatic carbocycles. The van der Waals surface area contributed by atoms with Crippen LogP contribution in [0.2, 0.25) is 0 Å². The molecule has 0 radical (unpaired) electrons. The second kappa shape index (κ2) is 11.1. The van der Waals surface area contributed by atoms with E-state index in [-0.39, 0.29) is 24.6 Å². The van der Waals surface area contributed by atoms with E-state index in [4.69, 9.17) is 5.73 Å². The van der Waals surface area contributed by atoms with Crippen LogP contribution in [0.4, 0.5) is 5.69 Å². The molecule has 166 valence electrons. The summed E-state index contributed by atoms with van der Waals surface area (Å²) < 4.78 is 1.95. The summed E-state index contributed by atoms with van der Waals surface area (Å²) in [6.45, 7) is 2.60. The van der Waals surface area contributed by atoms with Crippen molar-refractivity contribution >= 4 is 35.2 Å². The van der Waals surface area contributed by atoms with Crippen LogP contribution in [0.3, 0.4) is 0 Å². The predicted octanol–water partition coefficient (Wildman–Crippen LogP) is 1.97. The molecule has 1 aromatic heterocycles. The second-order valence-corrected chi connectivity index (χ2v) is 7.90. The first-order chi connectivity index (χ1) is 15.4. The minimum atomic E-state index is -0.501. The number of hydrogen-bond acceptors (Lipinski definition) is 6. The zero-order valence-electron chi connectivity index (χ0n) is 17.6. The molecule has 0 aliphatic rings. The first-order valence-corrected chi connectivity index (χ1v) is 10.9. The molecule has 0 atom stereocenters. The van der Waals surface area contributed by atoms with Crippen LogP contribution in [0.15, 0.2) is 59.8 Å². The number of carbonyl (C=O) groups is 3. The van der Waals surface area contributed by atoms with Gasteiger partial charge in [-0.05, 0) is 24.6 Å². The number of primary amides is 1. The molecule has 0 fully saturated rings. The number of rotatable bonds is 10. The third-order valence-corrected chi connectivity index (χ3v) is 5.49. The van der Waals surface area contributed by atoms with Crippen LogP contribution in [0, 0.1) is 6.92 Å². The molecule has 3 amide bonds. The highest BCUT2D eigenvalue weighted by Crippen LogP contribution is 2.20. The number of aromatic nitrogens is 3. The molecule has 1 heterocycles. The Labute approximate surface area is 189 Å². The summed E-state index contributed by atoms with van der Waals surface area (Å²) in [5.74, 6) is -0.314. The molecule has 0 saturated carbocycles. The van der Waals surface area contributed by atoms with Crippen LogP contribution in [-0.2, 0) is 16.1 Å². The number of thioether (sulfide) groups is 1. The highest BCUT2D eigenvalue weighted by Gasteiger charge is 2.15. The fourth-order valence-electron chi connectivity index (χ4n) is 2.92. The Kier molecular flexibility index (Phi) is 7.98. The van der Waals surface area contributed by atoms with Crippen LogP contribution in [0.25, 0.3) is 0 Å². The van der Waals surface area contributed by atoms with Crippen molar-refractivity contribution in [1.29, 1.82) is 0 Å². The van der Waals surface area contributed by atoms with Crippen molar-refractivity contribution in [3.63, 3.8) is 0 Å². The van der Waals surface area contributed by atoms with Crippen molar-refractivity contribution in [2.45, 2.75) is 25.0 Å². The zero-order valence-corrected chi connectivity index (χ0v) is 18.4. The van der Waals surface area contributed by atoms with Crippen LogP contribution >= 0.6 is 11.8 Å². The van der Waals surface area contributed by atoms with E-state index in [1.807, 2.05) is 41.8 Å². The quantitative estimate of drug-likeness (QED) is 0.403. The van der Waals surface area contributed by atoms with Gasteiger partial charge in [-0.3, -0.25) is 14.4 Å². The van der Waals surface area contributed by atoms with E-state index >= 15 is 0 Å². The van der Waals surface area contributed by atoms with Gasteiger partial charge in [0.2, 0.25) is 11.8 Å². The van der Waals surface area contributed by atoms with E-state index in [2.05, 4.69) is 20.8 Å². The Morgan fingerprint density at radius 2 is 1.75 bits per heavy atom. The van der Waals surface area contributed by atoms with Crippen molar-refractivity contribution in [2.24, 2.45) is 5.73 Å². The molecular formula is C22H24N6O3S. The third-order valence-electron chi connectivity index (χ3n) is 4.52. The smallest absolute Gasteiger partial charge is 0.253 e. The summed E-state index contributed by atoms with van der Waals surface area (Å²) in [5, 5.41) is 14.3. The summed E-state index contributed by atoms with van der Waals surface area (Å²) in [4.78, 5) is 35.8. The van der Waals surface area contributed by atoms with Crippen molar-refractivity contribution in [2.75, 3.05) is 17.6 Å².